The van der Waals surface area contributed by atoms with E-state index in [-0.39, 0.29) is 0 Å². The summed E-state index contributed by atoms with van der Waals surface area (Å²) < 4.78 is 23.0. The van der Waals surface area contributed by atoms with Gasteiger partial charge < -0.3 is 29.6 Å². The molecule has 0 unspecified atom stereocenters. The maximum Gasteiger partial charge on any atom is 0.255 e. The van der Waals surface area contributed by atoms with Gasteiger partial charge in [0, 0.05) is 17.8 Å². The van der Waals surface area contributed by atoms with Crippen molar-refractivity contribution < 1.29 is 23.7 Å². The molecule has 0 bridgehead atoms. The second-order valence-corrected chi connectivity index (χ2v) is 7.68. The molecule has 178 valence electrons. The first-order chi connectivity index (χ1) is 16.4. The van der Waals surface area contributed by atoms with Crippen molar-refractivity contribution in [2.24, 2.45) is 0 Å². The molecule has 0 aliphatic carbocycles. The van der Waals surface area contributed by atoms with Crippen molar-refractivity contribution in [2.45, 2.75) is 13.0 Å². The van der Waals surface area contributed by atoms with Crippen LogP contribution in [0, 0.1) is 0 Å². The van der Waals surface area contributed by atoms with Crippen LogP contribution in [0.1, 0.15) is 18.5 Å². The number of nitrogens with one attached hydrogen (secondary N) is 2. The lowest BCUT2D eigenvalue weighted by Crippen LogP contribution is -2.31. The number of halogens is 1. The van der Waals surface area contributed by atoms with Gasteiger partial charge in [-0.05, 0) is 35.0 Å². The topological polar surface area (TPSA) is 122 Å². The molecule has 0 fully saturated rings. The zero-order valence-electron chi connectivity index (χ0n) is 19.2. The summed E-state index contributed by atoms with van der Waals surface area (Å²) in [5, 5.41) is 18.2. The second kappa shape index (κ2) is 9.48. The number of anilines is 2. The van der Waals surface area contributed by atoms with Crippen molar-refractivity contribution >= 4 is 29.1 Å². The summed E-state index contributed by atoms with van der Waals surface area (Å²) in [4.78, 5) is 13.6. The zero-order chi connectivity index (χ0) is 24.4. The summed E-state index contributed by atoms with van der Waals surface area (Å²) in [6.07, 6.45) is 0. The monoisotopic (exact) mass is 486 g/mol. The van der Waals surface area contributed by atoms with E-state index >= 15 is 0 Å². The van der Waals surface area contributed by atoms with Crippen molar-refractivity contribution in [2.75, 3.05) is 39.1 Å². The number of carbonyl (C=O) groups is 1. The van der Waals surface area contributed by atoms with Gasteiger partial charge in [0.2, 0.25) is 5.95 Å². The minimum atomic E-state index is -0.647. The van der Waals surface area contributed by atoms with Crippen molar-refractivity contribution in [3.63, 3.8) is 0 Å². The summed E-state index contributed by atoms with van der Waals surface area (Å²) in [5.74, 6) is 1.85. The van der Waals surface area contributed by atoms with E-state index in [9.17, 15) is 4.79 Å². The molecule has 0 saturated heterocycles. The number of carbonyl (C=O) groups excluding carboxylic acids is 1. The van der Waals surface area contributed by atoms with Crippen molar-refractivity contribution in [3.05, 3.63) is 52.2 Å². The molecule has 2 heterocycles. The fraction of sp³-hybridized carbons (Fsp3) is 0.273. The Morgan fingerprint density at radius 3 is 2.38 bits per heavy atom. The molecule has 1 amide bonds. The molecule has 12 heteroatoms. The summed E-state index contributed by atoms with van der Waals surface area (Å²) in [7, 11) is 6.07. The Bertz CT molecular complexity index is 1270. The van der Waals surface area contributed by atoms with E-state index in [0.29, 0.717) is 50.9 Å². The Kier molecular flexibility index (Phi) is 6.46. The molecule has 1 atom stereocenters. The number of tetrazole rings is 1. The fourth-order valence-electron chi connectivity index (χ4n) is 3.79. The maximum absolute atomic E-state index is 13.6. The van der Waals surface area contributed by atoms with E-state index in [1.54, 1.807) is 45.4 Å². The van der Waals surface area contributed by atoms with Gasteiger partial charge in [-0.15, -0.1) is 0 Å². The van der Waals surface area contributed by atoms with E-state index in [2.05, 4.69) is 26.2 Å². The second-order valence-electron chi connectivity index (χ2n) is 7.27. The Hall–Kier alpha value is -3.99. The highest BCUT2D eigenvalue weighted by Gasteiger charge is 2.35. The van der Waals surface area contributed by atoms with Gasteiger partial charge in [-0.3, -0.25) is 4.79 Å². The molecule has 34 heavy (non-hydrogen) atoms. The molecule has 2 N–H and O–H groups in total. The van der Waals surface area contributed by atoms with Crippen LogP contribution >= 0.6 is 11.6 Å². The number of allylic oxidation sites excluding steroid dienone is 1. The van der Waals surface area contributed by atoms with Gasteiger partial charge in [0.15, 0.2) is 11.5 Å². The fourth-order valence-corrected chi connectivity index (χ4v) is 4.02. The molecule has 11 nitrogen and oxygen atoms in total. The first kappa shape index (κ1) is 23.2. The highest BCUT2D eigenvalue weighted by molar-refractivity contribution is 6.32. The average Bonchev–Trinajstić information content (AvgIpc) is 3.31. The van der Waals surface area contributed by atoms with E-state index in [1.165, 1.54) is 18.9 Å². The number of hydrogen-bond acceptors (Lipinski definition) is 9. The van der Waals surface area contributed by atoms with Gasteiger partial charge in [-0.1, -0.05) is 22.8 Å². The van der Waals surface area contributed by atoms with Gasteiger partial charge in [0.25, 0.3) is 5.91 Å². The standard InChI is InChI=1S/C22H23ClN6O5/c1-11-19(21(30)25-14-10-16(32-3)13(23)9-17(14)33-4)20(29-22(24-11)26-27-28-29)12-6-7-15(31-2)18(8-12)34-5/h6-10,20H,1-5H3,(H,25,30)(H,24,26,28)/t20-/m0/s1. The van der Waals surface area contributed by atoms with E-state index in [4.69, 9.17) is 30.5 Å². The normalized spacial score (nSPS) is 14.7. The number of nitrogens with zero attached hydrogens (tertiary/aromatic N) is 4. The van der Waals surface area contributed by atoms with Crippen LogP contribution in [0.15, 0.2) is 41.6 Å². The first-order valence-electron chi connectivity index (χ1n) is 10.1. The largest absolute Gasteiger partial charge is 0.495 e. The Morgan fingerprint density at radius 1 is 1.00 bits per heavy atom. The van der Waals surface area contributed by atoms with E-state index in [0.717, 1.165) is 5.56 Å². The van der Waals surface area contributed by atoms with Gasteiger partial charge in [-0.25, -0.2) is 0 Å². The van der Waals surface area contributed by atoms with Crippen molar-refractivity contribution in [1.29, 1.82) is 0 Å². The van der Waals surface area contributed by atoms with Crippen LogP contribution in [-0.2, 0) is 4.79 Å². The molecule has 0 spiro atoms. The SMILES string of the molecule is COc1cc(NC(=O)C2=C(C)Nc3nnnn3[C@H]2c2ccc(OC)c(OC)c2)c(OC)cc1Cl. The third kappa shape index (κ3) is 4.05. The van der Waals surface area contributed by atoms with Gasteiger partial charge in [-0.2, -0.15) is 4.68 Å². The lowest BCUT2D eigenvalue weighted by atomic mass is 9.94. The summed E-state index contributed by atoms with van der Waals surface area (Å²) in [6, 6.07) is 7.90. The first-order valence-corrected chi connectivity index (χ1v) is 10.5. The molecular weight excluding hydrogens is 464 g/mol. The van der Waals surface area contributed by atoms with Crippen LogP contribution in [0.2, 0.25) is 5.02 Å². The lowest BCUT2D eigenvalue weighted by molar-refractivity contribution is -0.113. The van der Waals surface area contributed by atoms with Crippen LogP contribution in [0.4, 0.5) is 11.6 Å². The Balaban J connectivity index is 1.79. The molecule has 0 radical (unpaired) electrons. The third-order valence-corrected chi connectivity index (χ3v) is 5.70. The number of hydrogen-bond donors (Lipinski definition) is 2. The van der Waals surface area contributed by atoms with Crippen LogP contribution < -0.4 is 29.6 Å². The minimum Gasteiger partial charge on any atom is -0.495 e. The molecule has 0 saturated carbocycles. The third-order valence-electron chi connectivity index (χ3n) is 5.40. The molecule has 1 aliphatic heterocycles. The van der Waals surface area contributed by atoms with Crippen LogP contribution in [-0.4, -0.2) is 54.6 Å². The van der Waals surface area contributed by atoms with E-state index in [1.807, 2.05) is 6.07 Å². The van der Waals surface area contributed by atoms with Gasteiger partial charge in [0.05, 0.1) is 44.7 Å². The number of methoxy groups -OCH3 is 4. The summed E-state index contributed by atoms with van der Waals surface area (Å²) in [5.41, 5.74) is 2.09. The van der Waals surface area contributed by atoms with Crippen LogP contribution in [0.5, 0.6) is 23.0 Å². The quantitative estimate of drug-likeness (QED) is 0.518. The van der Waals surface area contributed by atoms with Gasteiger partial charge in [0.1, 0.15) is 17.5 Å². The highest BCUT2D eigenvalue weighted by atomic mass is 35.5. The maximum atomic E-state index is 13.6. The van der Waals surface area contributed by atoms with Gasteiger partial charge >= 0.3 is 0 Å². The highest BCUT2D eigenvalue weighted by Crippen LogP contribution is 2.40. The molecule has 2 aromatic carbocycles. The molecule has 1 aliphatic rings. The average molecular weight is 487 g/mol. The molecule has 1 aromatic heterocycles. The number of rotatable bonds is 7. The minimum absolute atomic E-state index is 0.355. The number of benzene rings is 2. The Labute approximate surface area is 200 Å². The number of amides is 1. The lowest BCUT2D eigenvalue weighted by Gasteiger charge is -2.28. The summed E-state index contributed by atoms with van der Waals surface area (Å²) in [6.45, 7) is 1.78. The predicted octanol–water partition coefficient (Wildman–Crippen LogP) is 3.29. The number of fused-ring (bicyclic) bond motifs is 1. The molecular formula is C22H23ClN6O5. The smallest absolute Gasteiger partial charge is 0.255 e. The molecule has 3 aromatic rings. The van der Waals surface area contributed by atoms with Crippen LogP contribution in [0.25, 0.3) is 0 Å². The van der Waals surface area contributed by atoms with Crippen molar-refractivity contribution in [1.82, 2.24) is 20.2 Å². The predicted molar refractivity (Wildman–Crippen MR) is 125 cm³/mol. The zero-order valence-corrected chi connectivity index (χ0v) is 19.9. The number of ether oxygens (including phenoxy) is 4. The summed E-state index contributed by atoms with van der Waals surface area (Å²) >= 11 is 6.20. The molecule has 4 rings (SSSR count). The number of aromatic nitrogens is 4. The Morgan fingerprint density at radius 2 is 1.71 bits per heavy atom. The van der Waals surface area contributed by atoms with Crippen LogP contribution in [0.3, 0.4) is 0 Å². The van der Waals surface area contributed by atoms with E-state index < -0.39 is 11.9 Å². The van der Waals surface area contributed by atoms with Crippen molar-refractivity contribution in [3.8, 4) is 23.0 Å².